The van der Waals surface area contributed by atoms with Gasteiger partial charge in [-0.05, 0) is 18.6 Å². The van der Waals surface area contributed by atoms with E-state index in [4.69, 9.17) is 0 Å². The molecule has 126 valence electrons. The van der Waals surface area contributed by atoms with Crippen LogP contribution in [0.3, 0.4) is 0 Å². The highest BCUT2D eigenvalue weighted by Crippen LogP contribution is 2.20. The highest BCUT2D eigenvalue weighted by atomic mass is 15.4. The summed E-state index contributed by atoms with van der Waals surface area (Å²) in [5.74, 6) is 1.81. The van der Waals surface area contributed by atoms with Gasteiger partial charge in [-0.3, -0.25) is 4.40 Å². The van der Waals surface area contributed by atoms with Gasteiger partial charge in [0, 0.05) is 38.6 Å². The fourth-order valence-corrected chi connectivity index (χ4v) is 3.21. The third kappa shape index (κ3) is 2.42. The smallest absolute Gasteiger partial charge is 0.203 e. The summed E-state index contributed by atoms with van der Waals surface area (Å²) in [6.45, 7) is 3.57. The third-order valence-electron chi connectivity index (χ3n) is 4.46. The number of hydrogen-bond donors (Lipinski definition) is 0. The van der Waals surface area contributed by atoms with Crippen LogP contribution in [0.1, 0.15) is 6.42 Å². The third-order valence-corrected chi connectivity index (χ3v) is 4.46. The molecule has 0 atom stereocenters. The van der Waals surface area contributed by atoms with Crippen LogP contribution in [-0.4, -0.2) is 65.6 Å². The molecule has 0 aliphatic carbocycles. The molecule has 1 fully saturated rings. The van der Waals surface area contributed by atoms with Crippen molar-refractivity contribution in [2.24, 2.45) is 0 Å². The number of rotatable bonds is 2. The second-order valence-electron chi connectivity index (χ2n) is 5.97. The van der Waals surface area contributed by atoms with Crippen molar-refractivity contribution in [3.63, 3.8) is 0 Å². The molecule has 0 aromatic carbocycles. The van der Waals surface area contributed by atoms with Gasteiger partial charge < -0.3 is 9.80 Å². The van der Waals surface area contributed by atoms with Crippen molar-refractivity contribution < 1.29 is 0 Å². The molecule has 4 aromatic rings. The molecular weight excluding hydrogens is 320 g/mol. The fraction of sp³-hybridized carbons (Fsp3) is 0.333. The maximum atomic E-state index is 4.60. The van der Waals surface area contributed by atoms with Crippen LogP contribution < -0.4 is 9.80 Å². The van der Waals surface area contributed by atoms with Gasteiger partial charge in [0.05, 0.1) is 0 Å². The Hall–Kier alpha value is -3.30. The Balaban J connectivity index is 1.40. The van der Waals surface area contributed by atoms with E-state index in [1.54, 1.807) is 23.4 Å². The topological polar surface area (TPSA) is 92.6 Å². The van der Waals surface area contributed by atoms with Crippen molar-refractivity contribution >= 4 is 22.9 Å². The summed E-state index contributed by atoms with van der Waals surface area (Å²) < 4.78 is 3.60. The predicted molar refractivity (Wildman–Crippen MR) is 90.6 cm³/mol. The van der Waals surface area contributed by atoms with Crippen LogP contribution in [0, 0.1) is 0 Å². The average Bonchev–Trinajstić information content (AvgIpc) is 3.24. The highest BCUT2D eigenvalue weighted by Gasteiger charge is 2.20. The first-order chi connectivity index (χ1) is 12.4. The minimum absolute atomic E-state index is 0.753. The van der Waals surface area contributed by atoms with Gasteiger partial charge in [-0.2, -0.15) is 4.52 Å². The van der Waals surface area contributed by atoms with Crippen LogP contribution in [0.5, 0.6) is 0 Å². The fourth-order valence-electron chi connectivity index (χ4n) is 3.21. The van der Waals surface area contributed by atoms with Gasteiger partial charge in [0.15, 0.2) is 11.5 Å². The van der Waals surface area contributed by atoms with E-state index < -0.39 is 0 Å². The SMILES string of the molecule is c1cn2cnnc2c(N2CCCN(c3ccc4nncn4n3)CC2)n1. The second-order valence-corrected chi connectivity index (χ2v) is 5.97. The van der Waals surface area contributed by atoms with Crippen molar-refractivity contribution in [3.05, 3.63) is 37.2 Å². The Morgan fingerprint density at radius 3 is 2.76 bits per heavy atom. The average molecular weight is 336 g/mol. The zero-order valence-electron chi connectivity index (χ0n) is 13.5. The minimum Gasteiger partial charge on any atom is -0.353 e. The first kappa shape index (κ1) is 14.1. The molecule has 25 heavy (non-hydrogen) atoms. The molecule has 10 heteroatoms. The number of fused-ring (bicyclic) bond motifs is 2. The lowest BCUT2D eigenvalue weighted by Gasteiger charge is -2.23. The van der Waals surface area contributed by atoms with Gasteiger partial charge in [0.2, 0.25) is 5.65 Å². The molecule has 0 spiro atoms. The molecule has 1 saturated heterocycles. The number of nitrogens with zero attached hydrogens (tertiary/aromatic N) is 10. The van der Waals surface area contributed by atoms with Gasteiger partial charge in [-0.15, -0.1) is 25.5 Å². The largest absolute Gasteiger partial charge is 0.353 e. The summed E-state index contributed by atoms with van der Waals surface area (Å²) in [6.07, 6.45) is 7.98. The molecule has 0 saturated carbocycles. The van der Waals surface area contributed by atoms with Crippen LogP contribution in [0.2, 0.25) is 0 Å². The standard InChI is InChI=1S/C15H16N10/c1-5-22(13-3-2-12-19-18-11-25(12)21-13)8-9-23(6-1)14-15-20-17-10-24(15)7-4-16-14/h2-4,7,10-11H,1,5-6,8-9H2. The summed E-state index contributed by atoms with van der Waals surface area (Å²) in [5, 5.41) is 20.7. The van der Waals surface area contributed by atoms with Crippen LogP contribution in [0.4, 0.5) is 11.6 Å². The predicted octanol–water partition coefficient (Wildman–Crippen LogP) is 0.279. The van der Waals surface area contributed by atoms with Crippen molar-refractivity contribution in [2.45, 2.75) is 6.42 Å². The molecular formula is C15H16N10. The Labute approximate surface area is 142 Å². The van der Waals surface area contributed by atoms with E-state index in [1.807, 2.05) is 22.7 Å². The molecule has 1 aliphatic heterocycles. The first-order valence-electron chi connectivity index (χ1n) is 8.20. The Bertz CT molecular complexity index is 1020. The Morgan fingerprint density at radius 1 is 0.880 bits per heavy atom. The first-order valence-corrected chi connectivity index (χ1v) is 8.20. The maximum absolute atomic E-state index is 4.60. The van der Waals surface area contributed by atoms with Crippen LogP contribution in [0.15, 0.2) is 37.2 Å². The van der Waals surface area contributed by atoms with Gasteiger partial charge in [0.25, 0.3) is 0 Å². The molecule has 10 nitrogen and oxygen atoms in total. The van der Waals surface area contributed by atoms with Gasteiger partial charge in [-0.25, -0.2) is 4.98 Å². The van der Waals surface area contributed by atoms with Crippen LogP contribution in [0.25, 0.3) is 11.3 Å². The zero-order valence-corrected chi connectivity index (χ0v) is 13.5. The number of anilines is 2. The summed E-state index contributed by atoms with van der Waals surface area (Å²) in [5.41, 5.74) is 1.54. The summed E-state index contributed by atoms with van der Waals surface area (Å²) >= 11 is 0. The lowest BCUT2D eigenvalue weighted by atomic mass is 10.3. The molecule has 0 amide bonds. The van der Waals surface area contributed by atoms with Crippen LogP contribution >= 0.6 is 0 Å². The van der Waals surface area contributed by atoms with Crippen LogP contribution in [-0.2, 0) is 0 Å². The quantitative estimate of drug-likeness (QED) is 0.515. The summed E-state index contributed by atoms with van der Waals surface area (Å²) in [6, 6.07) is 3.94. The molecule has 0 radical (unpaired) electrons. The van der Waals surface area contributed by atoms with Crippen molar-refractivity contribution in [2.75, 3.05) is 36.0 Å². The number of hydrogen-bond acceptors (Lipinski definition) is 8. The maximum Gasteiger partial charge on any atom is 0.203 e. The lowest BCUT2D eigenvalue weighted by Crippen LogP contribution is -2.32. The van der Waals surface area contributed by atoms with Crippen molar-refractivity contribution in [3.8, 4) is 0 Å². The molecule has 0 unspecified atom stereocenters. The van der Waals surface area contributed by atoms with Gasteiger partial charge in [0.1, 0.15) is 18.5 Å². The molecule has 5 rings (SSSR count). The van der Waals surface area contributed by atoms with E-state index in [0.717, 1.165) is 55.5 Å². The van der Waals surface area contributed by atoms with E-state index >= 15 is 0 Å². The molecule has 0 N–H and O–H groups in total. The number of aromatic nitrogens is 8. The summed E-state index contributed by atoms with van der Waals surface area (Å²) in [7, 11) is 0. The lowest BCUT2D eigenvalue weighted by molar-refractivity contribution is 0.775. The normalized spacial score (nSPS) is 15.8. The zero-order chi connectivity index (χ0) is 16.6. The van der Waals surface area contributed by atoms with E-state index in [-0.39, 0.29) is 0 Å². The van der Waals surface area contributed by atoms with Crippen molar-refractivity contribution in [1.29, 1.82) is 0 Å². The Morgan fingerprint density at radius 2 is 1.76 bits per heavy atom. The minimum atomic E-state index is 0.753. The molecule has 1 aliphatic rings. The summed E-state index contributed by atoms with van der Waals surface area (Å²) in [4.78, 5) is 9.07. The second kappa shape index (κ2) is 5.65. The van der Waals surface area contributed by atoms with E-state index in [9.17, 15) is 0 Å². The van der Waals surface area contributed by atoms with E-state index in [1.165, 1.54) is 0 Å². The molecule has 0 bridgehead atoms. The van der Waals surface area contributed by atoms with E-state index in [0.29, 0.717) is 0 Å². The Kier molecular flexibility index (Phi) is 3.18. The monoisotopic (exact) mass is 336 g/mol. The van der Waals surface area contributed by atoms with Gasteiger partial charge >= 0.3 is 0 Å². The van der Waals surface area contributed by atoms with E-state index in [2.05, 4.69) is 40.3 Å². The molecule has 4 aromatic heterocycles. The highest BCUT2D eigenvalue weighted by molar-refractivity contribution is 5.63. The van der Waals surface area contributed by atoms with Gasteiger partial charge in [-0.1, -0.05) is 0 Å². The van der Waals surface area contributed by atoms with Crippen molar-refractivity contribution in [1.82, 2.24) is 39.4 Å². The molecule has 5 heterocycles.